The summed E-state index contributed by atoms with van der Waals surface area (Å²) >= 11 is 0. The second kappa shape index (κ2) is 8.37. The van der Waals surface area contributed by atoms with Gasteiger partial charge in [0, 0.05) is 38.3 Å². The lowest BCUT2D eigenvalue weighted by Gasteiger charge is -2.35. The molecule has 3 heterocycles. The molecule has 9 heteroatoms. The van der Waals surface area contributed by atoms with Crippen LogP contribution >= 0.6 is 0 Å². The van der Waals surface area contributed by atoms with Gasteiger partial charge >= 0.3 is 0 Å². The molecule has 0 amide bonds. The van der Waals surface area contributed by atoms with Gasteiger partial charge < -0.3 is 9.32 Å². The molecule has 5 rings (SSSR count). The highest BCUT2D eigenvalue weighted by atomic mass is 19.3. The molecular weight excluding hydrogens is 404 g/mol. The van der Waals surface area contributed by atoms with Crippen molar-refractivity contribution in [3.63, 3.8) is 0 Å². The highest BCUT2D eigenvalue weighted by Gasteiger charge is 2.22. The van der Waals surface area contributed by atoms with Crippen LogP contribution in [-0.4, -0.2) is 52.0 Å². The van der Waals surface area contributed by atoms with Crippen molar-refractivity contribution in [2.45, 2.75) is 45.2 Å². The first-order valence-corrected chi connectivity index (χ1v) is 10.8. The molecule has 2 aromatic heterocycles. The number of hydrogen-bond donors (Lipinski definition) is 0. The quantitative estimate of drug-likeness (QED) is 0.621. The van der Waals surface area contributed by atoms with Crippen LogP contribution in [0, 0.1) is 0 Å². The fourth-order valence-electron chi connectivity index (χ4n) is 4.45. The third-order valence-electron chi connectivity index (χ3n) is 6.13. The zero-order valence-corrected chi connectivity index (χ0v) is 17.3. The Labute approximate surface area is 178 Å². The highest BCUT2D eigenvalue weighted by molar-refractivity contribution is 5.81. The van der Waals surface area contributed by atoms with Gasteiger partial charge in [-0.05, 0) is 37.5 Å². The number of nitrogens with zero attached hydrogens (tertiary/aromatic N) is 5. The Morgan fingerprint density at radius 1 is 1.10 bits per heavy atom. The molecular formula is C22H25F2N5O2. The van der Waals surface area contributed by atoms with Crippen molar-refractivity contribution < 1.29 is 13.2 Å². The topological polar surface area (TPSA) is 67.4 Å². The average molecular weight is 429 g/mol. The zero-order chi connectivity index (χ0) is 21.4. The van der Waals surface area contributed by atoms with E-state index in [0.717, 1.165) is 73.2 Å². The van der Waals surface area contributed by atoms with Gasteiger partial charge in [0.25, 0.3) is 12.0 Å². The van der Waals surface area contributed by atoms with Crippen molar-refractivity contribution in [1.29, 1.82) is 0 Å². The maximum Gasteiger partial charge on any atom is 0.261 e. The molecule has 0 atom stereocenters. The molecule has 31 heavy (non-hydrogen) atoms. The summed E-state index contributed by atoms with van der Waals surface area (Å²) in [4.78, 5) is 25.9. The van der Waals surface area contributed by atoms with Crippen LogP contribution in [0.4, 0.5) is 14.5 Å². The number of alkyl halides is 2. The largest absolute Gasteiger partial charge is 0.444 e. The van der Waals surface area contributed by atoms with Crippen molar-refractivity contribution >= 4 is 16.6 Å². The Hall–Kier alpha value is -2.81. The van der Waals surface area contributed by atoms with E-state index in [1.807, 2.05) is 12.1 Å². The predicted molar refractivity (Wildman–Crippen MR) is 113 cm³/mol. The number of piperazine rings is 1. The van der Waals surface area contributed by atoms with Gasteiger partial charge in [-0.25, -0.2) is 18.7 Å². The molecule has 0 bridgehead atoms. The summed E-state index contributed by atoms with van der Waals surface area (Å²) in [7, 11) is 0. The first-order valence-electron chi connectivity index (χ1n) is 10.8. The summed E-state index contributed by atoms with van der Waals surface area (Å²) in [6.07, 6.45) is 3.01. The molecule has 0 unspecified atom stereocenters. The van der Waals surface area contributed by atoms with E-state index in [9.17, 15) is 13.6 Å². The van der Waals surface area contributed by atoms with E-state index in [2.05, 4.69) is 19.8 Å². The summed E-state index contributed by atoms with van der Waals surface area (Å²) < 4.78 is 32.2. The lowest BCUT2D eigenvalue weighted by molar-refractivity contribution is 0.125. The lowest BCUT2D eigenvalue weighted by Crippen LogP contribution is -2.46. The monoisotopic (exact) mass is 429 g/mol. The molecule has 0 spiro atoms. The second-order valence-corrected chi connectivity index (χ2v) is 8.24. The van der Waals surface area contributed by atoms with Crippen LogP contribution in [-0.2, 0) is 25.9 Å². The molecule has 7 nitrogen and oxygen atoms in total. The minimum atomic E-state index is -2.59. The van der Waals surface area contributed by atoms with Crippen molar-refractivity contribution in [3.05, 3.63) is 52.2 Å². The van der Waals surface area contributed by atoms with E-state index in [1.165, 1.54) is 19.2 Å². The Morgan fingerprint density at radius 3 is 2.68 bits per heavy atom. The number of aryl methyl sites for hydroxylation is 2. The number of halogens is 2. The summed E-state index contributed by atoms with van der Waals surface area (Å²) in [5.74, 6) is 1.88. The summed E-state index contributed by atoms with van der Waals surface area (Å²) in [5, 5.41) is 0.360. The molecule has 1 fully saturated rings. The smallest absolute Gasteiger partial charge is 0.261 e. The predicted octanol–water partition coefficient (Wildman–Crippen LogP) is 2.85. The van der Waals surface area contributed by atoms with Crippen LogP contribution in [0.15, 0.2) is 33.7 Å². The minimum Gasteiger partial charge on any atom is -0.444 e. The number of benzene rings is 1. The SMILES string of the molecule is O=c1c2ccc(N3CCN(Cc4nc5c(o4)CCCC5)CC3)cc2ncn1CC(F)F. The fraction of sp³-hybridized carbons (Fsp3) is 0.500. The third-order valence-corrected chi connectivity index (χ3v) is 6.13. The number of fused-ring (bicyclic) bond motifs is 2. The summed E-state index contributed by atoms with van der Waals surface area (Å²) in [6, 6.07) is 5.42. The molecule has 0 radical (unpaired) electrons. The minimum absolute atomic E-state index is 0.360. The van der Waals surface area contributed by atoms with Gasteiger partial charge in [0.2, 0.25) is 5.89 Å². The van der Waals surface area contributed by atoms with Crippen molar-refractivity contribution in [2.24, 2.45) is 0 Å². The van der Waals surface area contributed by atoms with Gasteiger partial charge in [-0.1, -0.05) is 0 Å². The van der Waals surface area contributed by atoms with Crippen molar-refractivity contribution in [3.8, 4) is 0 Å². The Morgan fingerprint density at radius 2 is 1.90 bits per heavy atom. The Bertz CT molecular complexity index is 1110. The maximum atomic E-state index is 12.6. The first-order chi connectivity index (χ1) is 15.1. The van der Waals surface area contributed by atoms with Crippen LogP contribution in [0.25, 0.3) is 10.9 Å². The summed E-state index contributed by atoms with van der Waals surface area (Å²) in [6.45, 7) is 3.54. The number of aromatic nitrogens is 3. The van der Waals surface area contributed by atoms with Crippen LogP contribution in [0.3, 0.4) is 0 Å². The maximum absolute atomic E-state index is 12.6. The van der Waals surface area contributed by atoms with Gasteiger partial charge in [0.05, 0.1) is 36.0 Å². The van der Waals surface area contributed by atoms with Gasteiger partial charge in [0.15, 0.2) is 0 Å². The first kappa shape index (κ1) is 20.1. The van der Waals surface area contributed by atoms with Gasteiger partial charge in [-0.2, -0.15) is 0 Å². The number of hydrogen-bond acceptors (Lipinski definition) is 6. The molecule has 0 saturated carbocycles. The van der Waals surface area contributed by atoms with E-state index in [0.29, 0.717) is 10.9 Å². The molecule has 1 aromatic carbocycles. The molecule has 1 aliphatic carbocycles. The zero-order valence-electron chi connectivity index (χ0n) is 17.3. The van der Waals surface area contributed by atoms with E-state index in [-0.39, 0.29) is 0 Å². The van der Waals surface area contributed by atoms with Gasteiger partial charge in [0.1, 0.15) is 5.76 Å². The number of anilines is 1. The Kier molecular flexibility index (Phi) is 5.43. The van der Waals surface area contributed by atoms with Crippen LogP contribution in [0.2, 0.25) is 0 Å². The highest BCUT2D eigenvalue weighted by Crippen LogP contribution is 2.24. The van der Waals surface area contributed by atoms with Gasteiger partial charge in [-0.3, -0.25) is 14.3 Å². The second-order valence-electron chi connectivity index (χ2n) is 8.24. The van der Waals surface area contributed by atoms with Gasteiger partial charge in [-0.15, -0.1) is 0 Å². The third kappa shape index (κ3) is 4.19. The number of oxazole rings is 1. The molecule has 0 N–H and O–H groups in total. The number of rotatable bonds is 5. The van der Waals surface area contributed by atoms with Crippen molar-refractivity contribution in [1.82, 2.24) is 19.4 Å². The molecule has 2 aliphatic rings. The van der Waals surface area contributed by atoms with Crippen LogP contribution in [0.1, 0.15) is 30.2 Å². The molecule has 1 aliphatic heterocycles. The fourth-order valence-corrected chi connectivity index (χ4v) is 4.45. The van der Waals surface area contributed by atoms with Crippen LogP contribution < -0.4 is 10.5 Å². The van der Waals surface area contributed by atoms with Crippen LogP contribution in [0.5, 0.6) is 0 Å². The average Bonchev–Trinajstić information content (AvgIpc) is 3.18. The molecule has 164 valence electrons. The van der Waals surface area contributed by atoms with E-state index >= 15 is 0 Å². The lowest BCUT2D eigenvalue weighted by atomic mass is 10.0. The van der Waals surface area contributed by atoms with E-state index < -0.39 is 18.5 Å². The normalized spacial score (nSPS) is 17.5. The summed E-state index contributed by atoms with van der Waals surface area (Å²) in [5.41, 5.74) is 2.21. The molecule has 1 saturated heterocycles. The molecule has 3 aromatic rings. The standard InChI is InChI=1S/C22H25F2N5O2/c23-20(24)12-29-14-25-18-11-15(5-6-16(18)22(29)30)28-9-7-27(8-10-28)13-21-26-17-3-1-2-4-19(17)31-21/h5-6,11,14,20H,1-4,7-10,12-13H2. The van der Waals surface area contributed by atoms with E-state index in [1.54, 1.807) is 6.07 Å². The van der Waals surface area contributed by atoms with E-state index in [4.69, 9.17) is 4.42 Å². The Balaban J connectivity index is 1.24. The van der Waals surface area contributed by atoms with Crippen molar-refractivity contribution in [2.75, 3.05) is 31.1 Å².